The van der Waals surface area contributed by atoms with Gasteiger partial charge in [-0.25, -0.2) is 4.57 Å². The molecule has 0 radical (unpaired) electrons. The van der Waals surface area contributed by atoms with Crippen LogP contribution in [0.2, 0.25) is 0 Å². The Balaban J connectivity index is 2.29. The number of fused-ring (bicyclic) bond motifs is 1. The lowest BCUT2D eigenvalue weighted by Crippen LogP contribution is -2.31. The van der Waals surface area contributed by atoms with Crippen LogP contribution in [0.5, 0.6) is 0 Å². The maximum Gasteiger partial charge on any atom is 0.220 e. The average molecular weight is 375 g/mol. The van der Waals surface area contributed by atoms with Gasteiger partial charge in [-0.2, -0.15) is 0 Å². The highest BCUT2D eigenvalue weighted by molar-refractivity contribution is 5.94. The molecule has 0 aliphatic carbocycles. The minimum atomic E-state index is 0.523. The third-order valence-corrected chi connectivity index (χ3v) is 5.86. The molecule has 0 atom stereocenters. The molecule has 0 unspecified atom stereocenters. The predicted molar refractivity (Wildman–Crippen MR) is 122 cm³/mol. The lowest BCUT2D eigenvalue weighted by atomic mass is 9.86. The second-order valence-corrected chi connectivity index (χ2v) is 9.39. The summed E-state index contributed by atoms with van der Waals surface area (Å²) >= 11 is 0. The Morgan fingerprint density at radius 3 is 2.18 bits per heavy atom. The Labute approximate surface area is 171 Å². The first-order valence-electron chi connectivity index (χ1n) is 10.7. The van der Waals surface area contributed by atoms with E-state index in [0.29, 0.717) is 17.8 Å². The summed E-state index contributed by atoms with van der Waals surface area (Å²) in [5, 5.41) is 2.68. The van der Waals surface area contributed by atoms with Gasteiger partial charge < -0.3 is 0 Å². The molecule has 0 fully saturated rings. The lowest BCUT2D eigenvalue weighted by Gasteiger charge is -2.18. The topological polar surface area (TPSA) is 3.88 Å². The molecule has 0 aliphatic rings. The largest absolute Gasteiger partial charge is 0.220 e. The second-order valence-electron chi connectivity index (χ2n) is 9.39. The molecule has 0 spiro atoms. The number of hydrogen-bond donors (Lipinski definition) is 0. The number of nitrogens with zero attached hydrogens (tertiary/aromatic N) is 1. The number of pyridine rings is 1. The molecule has 0 saturated heterocycles. The molecule has 3 aromatic rings. The van der Waals surface area contributed by atoms with Crippen molar-refractivity contribution in [3.05, 3.63) is 64.8 Å². The van der Waals surface area contributed by atoms with E-state index in [1.54, 1.807) is 0 Å². The first-order chi connectivity index (χ1) is 13.2. The van der Waals surface area contributed by atoms with Crippen LogP contribution in [0.15, 0.2) is 42.6 Å². The number of aromatic nitrogens is 1. The fraction of sp³-hybridized carbons (Fsp3) is 0.444. The number of aryl methyl sites for hydroxylation is 1. The summed E-state index contributed by atoms with van der Waals surface area (Å²) in [4.78, 5) is 0. The second kappa shape index (κ2) is 8.07. The van der Waals surface area contributed by atoms with Crippen molar-refractivity contribution in [2.75, 3.05) is 0 Å². The Morgan fingerprint density at radius 2 is 1.57 bits per heavy atom. The quantitative estimate of drug-likeness (QED) is 0.420. The van der Waals surface area contributed by atoms with Crippen LogP contribution >= 0.6 is 0 Å². The highest BCUT2D eigenvalue weighted by Crippen LogP contribution is 2.35. The Bertz CT molecular complexity index is 993. The summed E-state index contributed by atoms with van der Waals surface area (Å²) in [6.07, 6.45) is 3.35. The maximum atomic E-state index is 2.42. The van der Waals surface area contributed by atoms with Crippen molar-refractivity contribution in [3.63, 3.8) is 0 Å². The van der Waals surface area contributed by atoms with E-state index in [9.17, 15) is 0 Å². The Hall–Kier alpha value is -2.15. The zero-order chi connectivity index (χ0) is 20.6. The van der Waals surface area contributed by atoms with Crippen LogP contribution in [0, 0.1) is 12.8 Å². The van der Waals surface area contributed by atoms with Gasteiger partial charge >= 0.3 is 0 Å². The maximum absolute atomic E-state index is 2.42. The first kappa shape index (κ1) is 20.6. The standard InChI is InChI=1S/C27H36N/c1-17(2)13-21-9-10-24-22(14-21)11-12-28(8)27(24)26-16-23(18(3)4)15-25(19(5)6)20(26)7/h9-12,14-19H,13H2,1-8H3/q+1. The molecule has 0 amide bonds. The predicted octanol–water partition coefficient (Wildman–Crippen LogP) is 7.09. The van der Waals surface area contributed by atoms with Gasteiger partial charge in [-0.1, -0.05) is 59.7 Å². The van der Waals surface area contributed by atoms with Gasteiger partial charge in [0.15, 0.2) is 6.20 Å². The molecule has 0 aliphatic heterocycles. The Kier molecular flexibility index (Phi) is 5.93. The average Bonchev–Trinajstić information content (AvgIpc) is 2.61. The molecule has 3 rings (SSSR count). The molecule has 2 aromatic carbocycles. The summed E-state index contributed by atoms with van der Waals surface area (Å²) in [6, 6.07) is 14.1. The molecular weight excluding hydrogens is 338 g/mol. The normalized spacial score (nSPS) is 12.0. The summed E-state index contributed by atoms with van der Waals surface area (Å²) in [5.41, 5.74) is 8.44. The van der Waals surface area contributed by atoms with E-state index in [2.05, 4.69) is 103 Å². The molecule has 0 N–H and O–H groups in total. The van der Waals surface area contributed by atoms with Crippen LogP contribution in [0.1, 0.15) is 75.6 Å². The Morgan fingerprint density at radius 1 is 0.857 bits per heavy atom. The fourth-order valence-electron chi connectivity index (χ4n) is 4.29. The van der Waals surface area contributed by atoms with E-state index < -0.39 is 0 Å². The number of hydrogen-bond acceptors (Lipinski definition) is 0. The minimum Gasteiger partial charge on any atom is -0.200 e. The third kappa shape index (κ3) is 3.99. The molecule has 1 heterocycles. The van der Waals surface area contributed by atoms with Crippen molar-refractivity contribution in [1.29, 1.82) is 0 Å². The minimum absolute atomic E-state index is 0.523. The monoisotopic (exact) mass is 374 g/mol. The number of benzene rings is 2. The highest BCUT2D eigenvalue weighted by Gasteiger charge is 2.21. The highest BCUT2D eigenvalue weighted by atomic mass is 14.9. The molecule has 0 bridgehead atoms. The van der Waals surface area contributed by atoms with Crippen LogP contribution in [0.4, 0.5) is 0 Å². The van der Waals surface area contributed by atoms with Gasteiger partial charge in [-0.3, -0.25) is 0 Å². The molecule has 1 aromatic heterocycles. The summed E-state index contributed by atoms with van der Waals surface area (Å²) in [5.74, 6) is 1.72. The van der Waals surface area contributed by atoms with Gasteiger partial charge in [0.25, 0.3) is 0 Å². The van der Waals surface area contributed by atoms with Gasteiger partial charge in [-0.15, -0.1) is 0 Å². The van der Waals surface area contributed by atoms with E-state index >= 15 is 0 Å². The van der Waals surface area contributed by atoms with Gasteiger partial charge in [-0.05, 0) is 70.9 Å². The van der Waals surface area contributed by atoms with Crippen molar-refractivity contribution in [3.8, 4) is 11.3 Å². The molecule has 1 heteroatoms. The smallest absolute Gasteiger partial charge is 0.200 e. The van der Waals surface area contributed by atoms with Crippen molar-refractivity contribution in [1.82, 2.24) is 0 Å². The zero-order valence-electron chi connectivity index (χ0n) is 18.9. The summed E-state index contributed by atoms with van der Waals surface area (Å²) in [7, 11) is 2.17. The van der Waals surface area contributed by atoms with E-state index in [4.69, 9.17) is 0 Å². The summed E-state index contributed by atoms with van der Waals surface area (Å²) < 4.78 is 2.29. The van der Waals surface area contributed by atoms with Crippen LogP contribution in [0.25, 0.3) is 22.0 Å². The fourth-order valence-corrected chi connectivity index (χ4v) is 4.29. The first-order valence-corrected chi connectivity index (χ1v) is 10.7. The summed E-state index contributed by atoms with van der Waals surface area (Å²) in [6.45, 7) is 16.1. The van der Waals surface area contributed by atoms with Crippen LogP contribution in [0.3, 0.4) is 0 Å². The van der Waals surface area contributed by atoms with Gasteiger partial charge in [0.05, 0.1) is 10.9 Å². The van der Waals surface area contributed by atoms with Gasteiger partial charge in [0.2, 0.25) is 5.69 Å². The van der Waals surface area contributed by atoms with Crippen LogP contribution in [-0.4, -0.2) is 0 Å². The van der Waals surface area contributed by atoms with E-state index in [1.165, 1.54) is 44.3 Å². The molecule has 0 saturated carbocycles. The van der Waals surface area contributed by atoms with E-state index in [0.717, 1.165) is 6.42 Å². The van der Waals surface area contributed by atoms with Crippen molar-refractivity contribution >= 4 is 10.8 Å². The molecule has 148 valence electrons. The van der Waals surface area contributed by atoms with Crippen molar-refractivity contribution in [2.24, 2.45) is 13.0 Å². The van der Waals surface area contributed by atoms with Crippen LogP contribution < -0.4 is 4.57 Å². The SMILES string of the molecule is Cc1c(-c2c3ccc(CC(C)C)cc3cc[n+]2C)cc(C(C)C)cc1C(C)C. The van der Waals surface area contributed by atoms with Crippen molar-refractivity contribution < 1.29 is 4.57 Å². The van der Waals surface area contributed by atoms with Crippen molar-refractivity contribution in [2.45, 2.75) is 66.7 Å². The van der Waals surface area contributed by atoms with Crippen LogP contribution in [-0.2, 0) is 13.5 Å². The lowest BCUT2D eigenvalue weighted by molar-refractivity contribution is -0.659. The number of rotatable bonds is 5. The van der Waals surface area contributed by atoms with Gasteiger partial charge in [0.1, 0.15) is 7.05 Å². The van der Waals surface area contributed by atoms with E-state index in [1.807, 2.05) is 0 Å². The third-order valence-electron chi connectivity index (χ3n) is 5.86. The molecular formula is C27H36N+. The molecule has 28 heavy (non-hydrogen) atoms. The van der Waals surface area contributed by atoms with Gasteiger partial charge in [0, 0.05) is 6.07 Å². The molecule has 1 nitrogen and oxygen atoms in total. The van der Waals surface area contributed by atoms with E-state index in [-0.39, 0.29) is 0 Å². The zero-order valence-corrected chi connectivity index (χ0v) is 18.9.